The summed E-state index contributed by atoms with van der Waals surface area (Å²) in [6, 6.07) is 29.1. The van der Waals surface area contributed by atoms with Crippen LogP contribution < -0.4 is 4.57 Å². The molecule has 4 atom stereocenters. The van der Waals surface area contributed by atoms with Gasteiger partial charge in [0.05, 0.1) is 17.2 Å². The van der Waals surface area contributed by atoms with E-state index in [0.29, 0.717) is 6.04 Å². The Morgan fingerprint density at radius 2 is 1.76 bits per heavy atom. The maximum Gasteiger partial charge on any atom is 0.345 e. The van der Waals surface area contributed by atoms with Gasteiger partial charge in [-0.15, -0.1) is 0 Å². The van der Waals surface area contributed by atoms with E-state index in [1.165, 1.54) is 33.5 Å². The van der Waals surface area contributed by atoms with E-state index in [0.717, 1.165) is 57.4 Å². The van der Waals surface area contributed by atoms with Gasteiger partial charge in [-0.05, 0) is 61.3 Å². The van der Waals surface area contributed by atoms with Crippen molar-refractivity contribution in [3.05, 3.63) is 142 Å². The van der Waals surface area contributed by atoms with Crippen molar-refractivity contribution in [2.45, 2.75) is 63.6 Å². The lowest BCUT2D eigenvalue weighted by Crippen LogP contribution is -2.67. The van der Waals surface area contributed by atoms with Crippen LogP contribution >= 0.6 is 0 Å². The zero-order valence-electron chi connectivity index (χ0n) is 26.6. The van der Waals surface area contributed by atoms with E-state index >= 15 is 0 Å². The predicted octanol–water partition coefficient (Wildman–Crippen LogP) is 8.12. The maximum absolute atomic E-state index is 5.41. The van der Waals surface area contributed by atoms with Crippen molar-refractivity contribution in [1.82, 2.24) is 4.90 Å². The predicted molar refractivity (Wildman–Crippen MR) is 183 cm³/mol. The zero-order valence-corrected chi connectivity index (χ0v) is 26.6. The highest BCUT2D eigenvalue weighted by Crippen LogP contribution is 2.54. The maximum atomic E-state index is 5.41. The summed E-state index contributed by atoms with van der Waals surface area (Å²) < 4.78 is 5.16. The topological polar surface area (TPSA) is 14.5 Å². The average Bonchev–Trinajstić information content (AvgIpc) is 3.38. The molecule has 3 aromatic rings. The average molecular weight is 592 g/mol. The molecular formula is C41H43N4+3. The van der Waals surface area contributed by atoms with Crippen LogP contribution in [0, 0.1) is 11.5 Å². The van der Waals surface area contributed by atoms with Crippen molar-refractivity contribution >= 4 is 17.5 Å². The van der Waals surface area contributed by atoms with Crippen LogP contribution in [0.5, 0.6) is 0 Å². The van der Waals surface area contributed by atoms with E-state index in [-0.39, 0.29) is 11.6 Å². The van der Waals surface area contributed by atoms with Crippen molar-refractivity contribution < 1.29 is 9.14 Å². The van der Waals surface area contributed by atoms with Gasteiger partial charge in [0.25, 0.3) is 0 Å². The molecular weight excluding hydrogens is 548 g/mol. The van der Waals surface area contributed by atoms with Crippen molar-refractivity contribution in [3.63, 3.8) is 0 Å². The van der Waals surface area contributed by atoms with Crippen LogP contribution in [0.1, 0.15) is 74.0 Å². The van der Waals surface area contributed by atoms with Crippen molar-refractivity contribution in [3.8, 4) is 6.07 Å². The highest BCUT2D eigenvalue weighted by Gasteiger charge is 2.69. The number of allylic oxidation sites excluding steroid dienone is 5. The minimum Gasteiger partial charge on any atom is -0.293 e. The Kier molecular flexibility index (Phi) is 7.03. The fourth-order valence-electron chi connectivity index (χ4n) is 8.78. The Balaban J connectivity index is 1.38. The number of aromatic nitrogens is 1. The summed E-state index contributed by atoms with van der Waals surface area (Å²) >= 11 is 0. The van der Waals surface area contributed by atoms with Gasteiger partial charge in [-0.25, -0.2) is 4.58 Å². The number of likely N-dealkylation sites (N-methyl/N-ethyl adjacent to an activating group) is 1. The number of hydrogen-bond acceptors (Lipinski definition) is 1. The quantitative estimate of drug-likeness (QED) is 0.217. The van der Waals surface area contributed by atoms with Gasteiger partial charge in [-0.3, -0.25) is 4.90 Å². The first-order chi connectivity index (χ1) is 22.1. The highest BCUT2D eigenvalue weighted by molar-refractivity contribution is 5.81. The third-order valence-corrected chi connectivity index (χ3v) is 11.0. The molecule has 5 heterocycles. The fraction of sp³-hybridized carbons (Fsp3) is 0.341. The Hall–Kier alpha value is -4.33. The van der Waals surface area contributed by atoms with Gasteiger partial charge in [0.15, 0.2) is 25.0 Å². The first kappa shape index (κ1) is 28.2. The molecule has 1 spiro atoms. The molecule has 8 rings (SSSR count). The molecule has 5 aliphatic rings. The van der Waals surface area contributed by atoms with E-state index < -0.39 is 5.41 Å². The van der Waals surface area contributed by atoms with Crippen LogP contribution in [-0.4, -0.2) is 35.3 Å². The van der Waals surface area contributed by atoms with E-state index in [4.69, 9.17) is 4.85 Å². The molecule has 0 bridgehead atoms. The summed E-state index contributed by atoms with van der Waals surface area (Å²) in [4.78, 5) is 7.96. The number of fused-ring (bicyclic) bond motifs is 8. The number of hydrogen-bond donors (Lipinski definition) is 0. The molecule has 0 amide bonds. The van der Waals surface area contributed by atoms with Crippen molar-refractivity contribution in [1.29, 1.82) is 0 Å². The molecule has 45 heavy (non-hydrogen) atoms. The molecule has 0 N–H and O–H groups in total. The van der Waals surface area contributed by atoms with Crippen LogP contribution in [0.15, 0.2) is 115 Å². The van der Waals surface area contributed by atoms with Crippen LogP contribution in [0.4, 0.5) is 5.69 Å². The molecule has 224 valence electrons. The number of pyridine rings is 1. The summed E-state index contributed by atoms with van der Waals surface area (Å²) in [7, 11) is 0. The molecule has 2 aromatic carbocycles. The van der Waals surface area contributed by atoms with Gasteiger partial charge >= 0.3 is 11.8 Å². The monoisotopic (exact) mass is 591 g/mol. The van der Waals surface area contributed by atoms with Gasteiger partial charge in [-0.1, -0.05) is 73.7 Å². The SMILES string of the molecule is CCN1CCC=CC1c1ccccc1[N+]#CC1(C)C[N+]2=CC=CCC2c2ccccc2CC12C1=CCCC=C1c1cccc[n+]12. The summed E-state index contributed by atoms with van der Waals surface area (Å²) in [5, 5.41) is 0. The lowest BCUT2D eigenvalue weighted by atomic mass is 9.62. The molecule has 4 unspecified atom stereocenters. The van der Waals surface area contributed by atoms with Gasteiger partial charge in [0, 0.05) is 48.7 Å². The van der Waals surface area contributed by atoms with Crippen LogP contribution in [0.3, 0.4) is 0 Å². The van der Waals surface area contributed by atoms with Crippen LogP contribution in [0.2, 0.25) is 0 Å². The molecule has 4 nitrogen and oxygen atoms in total. The molecule has 4 aliphatic heterocycles. The molecule has 0 saturated carbocycles. The number of benzene rings is 2. The zero-order chi connectivity index (χ0) is 30.4. The standard InChI is InChI=1S/C41H43N4/c1-3-43-25-13-10-23-38(43)34-19-7-9-21-36(34)42-29-40(2)30-44-26-14-11-22-37(44)32-17-5-4-16-31(32)28-41(40)35-20-8-6-18-33(35)39-24-12-15-27-45(39)41/h4-5,7,9-12,14-21,23-24,26-27,37-38H,3,6,8,13,22,25,28,30H2,1-2H3/q+3. The highest BCUT2D eigenvalue weighted by atomic mass is 15.2. The Morgan fingerprint density at radius 1 is 0.933 bits per heavy atom. The second kappa shape index (κ2) is 11.2. The number of nitrogens with zero attached hydrogens (tertiary/aromatic N) is 4. The number of para-hydroxylation sites is 1. The van der Waals surface area contributed by atoms with Crippen LogP contribution in [0.25, 0.3) is 10.4 Å². The molecule has 0 radical (unpaired) electrons. The molecule has 4 heteroatoms. The molecule has 0 fully saturated rings. The van der Waals surface area contributed by atoms with Gasteiger partial charge in [0.1, 0.15) is 0 Å². The lowest BCUT2D eigenvalue weighted by molar-refractivity contribution is -0.769. The third kappa shape index (κ3) is 4.43. The lowest BCUT2D eigenvalue weighted by Gasteiger charge is -2.39. The number of rotatable bonds is 2. The van der Waals surface area contributed by atoms with E-state index in [2.05, 4.69) is 150 Å². The second-order valence-corrected chi connectivity index (χ2v) is 13.4. The largest absolute Gasteiger partial charge is 0.345 e. The third-order valence-electron chi connectivity index (χ3n) is 11.0. The minimum absolute atomic E-state index is 0.235. The first-order valence-electron chi connectivity index (χ1n) is 16.9. The molecule has 1 aliphatic carbocycles. The summed E-state index contributed by atoms with van der Waals surface area (Å²) in [5.74, 6) is 0. The van der Waals surface area contributed by atoms with Crippen LogP contribution in [-0.2, 0) is 12.0 Å². The Bertz CT molecular complexity index is 1880. The molecule has 1 aromatic heterocycles. The van der Waals surface area contributed by atoms with E-state index in [1.807, 2.05) is 0 Å². The smallest absolute Gasteiger partial charge is 0.293 e. The molecule has 0 saturated heterocycles. The summed E-state index contributed by atoms with van der Waals surface area (Å²) in [6.45, 7) is 7.61. The summed E-state index contributed by atoms with van der Waals surface area (Å²) in [5.41, 5.74) is 8.44. The van der Waals surface area contributed by atoms with E-state index in [1.54, 1.807) is 0 Å². The van der Waals surface area contributed by atoms with Crippen molar-refractivity contribution in [2.24, 2.45) is 5.41 Å². The van der Waals surface area contributed by atoms with Crippen molar-refractivity contribution in [2.75, 3.05) is 19.6 Å². The first-order valence-corrected chi connectivity index (χ1v) is 16.9. The van der Waals surface area contributed by atoms with Gasteiger partial charge in [-0.2, -0.15) is 4.57 Å². The summed E-state index contributed by atoms with van der Waals surface area (Å²) in [6.07, 6.45) is 24.0. The minimum atomic E-state index is -0.458. The van der Waals surface area contributed by atoms with Gasteiger partial charge < -0.3 is 0 Å². The Labute approximate surface area is 267 Å². The second-order valence-electron chi connectivity index (χ2n) is 13.4. The fourth-order valence-corrected chi connectivity index (χ4v) is 8.78. The Morgan fingerprint density at radius 3 is 2.67 bits per heavy atom. The van der Waals surface area contributed by atoms with E-state index in [9.17, 15) is 0 Å². The normalized spacial score (nSPS) is 28.3. The van der Waals surface area contributed by atoms with Gasteiger partial charge in [0.2, 0.25) is 16.6 Å².